The number of rotatable bonds is 6. The third-order valence-electron chi connectivity index (χ3n) is 5.46. The van der Waals surface area contributed by atoms with Crippen molar-refractivity contribution in [2.24, 2.45) is 5.92 Å². The fourth-order valence-corrected chi connectivity index (χ4v) is 3.89. The minimum Gasteiger partial charge on any atom is -0.380 e. The van der Waals surface area contributed by atoms with Crippen molar-refractivity contribution in [2.45, 2.75) is 49.9 Å². The minimum absolute atomic E-state index is 0.0342. The van der Waals surface area contributed by atoms with Gasteiger partial charge in [-0.2, -0.15) is 0 Å². The first-order valence-corrected chi connectivity index (χ1v) is 8.84. The molecule has 2 saturated carbocycles. The number of likely N-dealkylation sites (N-methyl/N-ethyl adjacent to an activating group) is 1. The van der Waals surface area contributed by atoms with Crippen LogP contribution in [0.25, 0.3) is 0 Å². The fourth-order valence-electron chi connectivity index (χ4n) is 3.89. The smallest absolute Gasteiger partial charge is 0.260 e. The van der Waals surface area contributed by atoms with Crippen LogP contribution < -0.4 is 0 Å². The lowest BCUT2D eigenvalue weighted by Crippen LogP contribution is -2.58. The molecule has 0 radical (unpaired) electrons. The summed E-state index contributed by atoms with van der Waals surface area (Å²) < 4.78 is 26.1. The molecule has 0 N–H and O–H groups in total. The van der Waals surface area contributed by atoms with Gasteiger partial charge in [0.15, 0.2) is 5.67 Å². The number of nitrogens with zero attached hydrogens (tertiary/aromatic N) is 2. The molecule has 1 amide bonds. The van der Waals surface area contributed by atoms with Gasteiger partial charge in [0.2, 0.25) is 0 Å². The van der Waals surface area contributed by atoms with Gasteiger partial charge in [-0.15, -0.1) is 0 Å². The molecular weight excluding hydrogens is 299 g/mol. The topological polar surface area (TPSA) is 42.0 Å². The van der Waals surface area contributed by atoms with Crippen LogP contribution in [0.1, 0.15) is 32.1 Å². The van der Waals surface area contributed by atoms with E-state index >= 15 is 0 Å². The zero-order valence-corrected chi connectivity index (χ0v) is 14.3. The Bertz CT molecular complexity index is 428. The van der Waals surface area contributed by atoms with Gasteiger partial charge in [0.1, 0.15) is 0 Å². The lowest BCUT2D eigenvalue weighted by molar-refractivity contribution is -0.162. The number of hydrogen-bond donors (Lipinski definition) is 0. The molecule has 0 bridgehead atoms. The monoisotopic (exact) mass is 328 g/mol. The number of alkyl halides is 1. The van der Waals surface area contributed by atoms with Gasteiger partial charge in [-0.25, -0.2) is 4.39 Å². The molecule has 2 aliphatic carbocycles. The van der Waals surface area contributed by atoms with Crippen molar-refractivity contribution in [3.8, 4) is 0 Å². The predicted molar refractivity (Wildman–Crippen MR) is 85.0 cm³/mol. The van der Waals surface area contributed by atoms with Crippen molar-refractivity contribution < 1.29 is 18.7 Å². The molecule has 3 rings (SSSR count). The summed E-state index contributed by atoms with van der Waals surface area (Å²) in [5, 5.41) is 0. The molecule has 0 aromatic heterocycles. The number of morpholine rings is 1. The van der Waals surface area contributed by atoms with Gasteiger partial charge in [-0.3, -0.25) is 4.79 Å². The molecule has 5 nitrogen and oxygen atoms in total. The van der Waals surface area contributed by atoms with Gasteiger partial charge in [-0.1, -0.05) is 0 Å². The number of carbonyl (C=O) groups is 1. The Morgan fingerprint density at radius 1 is 1.39 bits per heavy atom. The molecule has 23 heavy (non-hydrogen) atoms. The van der Waals surface area contributed by atoms with Gasteiger partial charge in [0.05, 0.1) is 25.4 Å². The number of hydrogen-bond acceptors (Lipinski definition) is 4. The van der Waals surface area contributed by atoms with Crippen LogP contribution in [0, 0.1) is 5.92 Å². The van der Waals surface area contributed by atoms with Gasteiger partial charge in [0.25, 0.3) is 5.91 Å². The standard InChI is InChI=1S/C17H29FN2O3/c1-19(2)6-8-22-12-13-10-14-15(11-13)23-9-7-20(14)16(21)17(18)4-3-5-17/h13-15H,3-12H2,1-2H3. The maximum atomic E-state index is 14.5. The van der Waals surface area contributed by atoms with Crippen LogP contribution in [0.5, 0.6) is 0 Å². The van der Waals surface area contributed by atoms with Crippen LogP contribution in [0.2, 0.25) is 0 Å². The number of amides is 1. The van der Waals surface area contributed by atoms with E-state index in [0.717, 1.165) is 32.4 Å². The van der Waals surface area contributed by atoms with E-state index in [9.17, 15) is 9.18 Å². The Morgan fingerprint density at radius 3 is 2.83 bits per heavy atom. The summed E-state index contributed by atoms with van der Waals surface area (Å²) in [6.07, 6.45) is 3.43. The maximum Gasteiger partial charge on any atom is 0.260 e. The number of ether oxygens (including phenoxy) is 2. The van der Waals surface area contributed by atoms with E-state index in [2.05, 4.69) is 4.90 Å². The number of halogens is 1. The van der Waals surface area contributed by atoms with Crippen LogP contribution in [-0.2, 0) is 14.3 Å². The van der Waals surface area contributed by atoms with Crippen molar-refractivity contribution in [1.29, 1.82) is 0 Å². The fraction of sp³-hybridized carbons (Fsp3) is 0.941. The molecule has 1 saturated heterocycles. The van der Waals surface area contributed by atoms with Crippen LogP contribution in [0.3, 0.4) is 0 Å². The highest BCUT2D eigenvalue weighted by molar-refractivity contribution is 5.86. The molecule has 3 aliphatic rings. The van der Waals surface area contributed by atoms with Crippen LogP contribution >= 0.6 is 0 Å². The highest BCUT2D eigenvalue weighted by Gasteiger charge is 2.51. The molecule has 6 heteroatoms. The van der Waals surface area contributed by atoms with Crippen molar-refractivity contribution >= 4 is 5.91 Å². The van der Waals surface area contributed by atoms with E-state index in [-0.39, 0.29) is 18.1 Å². The first kappa shape index (κ1) is 17.1. The zero-order chi connectivity index (χ0) is 16.4. The second-order valence-electron chi connectivity index (χ2n) is 7.51. The average Bonchev–Trinajstić information content (AvgIpc) is 2.91. The first-order valence-electron chi connectivity index (χ1n) is 8.84. The summed E-state index contributed by atoms with van der Waals surface area (Å²) in [6.45, 7) is 3.38. The predicted octanol–water partition coefficient (Wildman–Crippen LogP) is 1.46. The summed E-state index contributed by atoms with van der Waals surface area (Å²) in [5.74, 6) is 0.105. The average molecular weight is 328 g/mol. The minimum atomic E-state index is -1.60. The molecule has 3 atom stereocenters. The van der Waals surface area contributed by atoms with Crippen molar-refractivity contribution in [1.82, 2.24) is 9.80 Å². The Kier molecular flexibility index (Phi) is 5.23. The van der Waals surface area contributed by atoms with E-state index in [1.807, 2.05) is 14.1 Å². The van der Waals surface area contributed by atoms with Crippen molar-refractivity contribution in [3.63, 3.8) is 0 Å². The molecule has 3 unspecified atom stereocenters. The first-order chi connectivity index (χ1) is 11.0. The normalized spacial score (nSPS) is 32.7. The van der Waals surface area contributed by atoms with Crippen molar-refractivity contribution in [3.05, 3.63) is 0 Å². The lowest BCUT2D eigenvalue weighted by atomic mass is 9.80. The van der Waals surface area contributed by atoms with Crippen LogP contribution in [-0.4, -0.2) is 80.5 Å². The van der Waals surface area contributed by atoms with E-state index in [1.54, 1.807) is 4.90 Å². The quantitative estimate of drug-likeness (QED) is 0.693. The molecular formula is C17H29FN2O3. The highest BCUT2D eigenvalue weighted by Crippen LogP contribution is 2.41. The van der Waals surface area contributed by atoms with Crippen LogP contribution in [0.4, 0.5) is 4.39 Å². The van der Waals surface area contributed by atoms with Gasteiger partial charge >= 0.3 is 0 Å². The van der Waals surface area contributed by atoms with E-state index in [1.165, 1.54) is 0 Å². The second-order valence-corrected chi connectivity index (χ2v) is 7.51. The third-order valence-corrected chi connectivity index (χ3v) is 5.46. The van der Waals surface area contributed by atoms with Gasteiger partial charge in [-0.05, 0) is 52.1 Å². The largest absolute Gasteiger partial charge is 0.380 e. The SMILES string of the molecule is CN(C)CCOCC1CC2OCCN(C(=O)C3(F)CCC3)C2C1. The summed E-state index contributed by atoms with van der Waals surface area (Å²) in [6, 6.07) is 0.0342. The molecule has 0 aromatic carbocycles. The Labute approximate surface area is 138 Å². The number of fused-ring (bicyclic) bond motifs is 1. The summed E-state index contributed by atoms with van der Waals surface area (Å²) in [5.41, 5.74) is -1.60. The Balaban J connectivity index is 1.52. The van der Waals surface area contributed by atoms with E-state index < -0.39 is 5.67 Å². The molecule has 0 spiro atoms. The summed E-state index contributed by atoms with van der Waals surface area (Å²) >= 11 is 0. The molecule has 0 aromatic rings. The molecule has 1 aliphatic heterocycles. The van der Waals surface area contributed by atoms with Crippen LogP contribution in [0.15, 0.2) is 0 Å². The maximum absolute atomic E-state index is 14.5. The van der Waals surface area contributed by atoms with E-state index in [4.69, 9.17) is 9.47 Å². The second kappa shape index (κ2) is 7.03. The lowest BCUT2D eigenvalue weighted by Gasteiger charge is -2.43. The molecule has 1 heterocycles. The van der Waals surface area contributed by atoms with Crippen molar-refractivity contribution in [2.75, 3.05) is 47.0 Å². The molecule has 3 fully saturated rings. The Morgan fingerprint density at radius 2 is 2.17 bits per heavy atom. The highest BCUT2D eigenvalue weighted by atomic mass is 19.1. The molecule has 132 valence electrons. The summed E-state index contributed by atoms with van der Waals surface area (Å²) in [4.78, 5) is 16.4. The Hall–Kier alpha value is -0.720. The van der Waals surface area contributed by atoms with Gasteiger partial charge < -0.3 is 19.3 Å². The third kappa shape index (κ3) is 3.69. The number of carbonyl (C=O) groups excluding carboxylic acids is 1. The zero-order valence-electron chi connectivity index (χ0n) is 14.3. The van der Waals surface area contributed by atoms with Gasteiger partial charge in [0, 0.05) is 19.7 Å². The van der Waals surface area contributed by atoms with E-state index in [0.29, 0.717) is 38.5 Å². The summed E-state index contributed by atoms with van der Waals surface area (Å²) in [7, 11) is 4.05.